The molecule has 1 aliphatic rings. The Kier molecular flexibility index (Phi) is 4.24. The van der Waals surface area contributed by atoms with Crippen molar-refractivity contribution < 1.29 is 9.21 Å². The molecule has 0 aliphatic carbocycles. The molecule has 2 rings (SSSR count). The van der Waals surface area contributed by atoms with Gasteiger partial charge in [-0.2, -0.15) is 0 Å². The average molecular weight is 265 g/mol. The highest BCUT2D eigenvalue weighted by Gasteiger charge is 2.31. The van der Waals surface area contributed by atoms with E-state index >= 15 is 0 Å². The molecule has 1 fully saturated rings. The fourth-order valence-corrected chi connectivity index (χ4v) is 2.84. The highest BCUT2D eigenvalue weighted by molar-refractivity contribution is 5.92. The molecular weight excluding hydrogens is 242 g/mol. The molecule has 2 heterocycles. The first-order chi connectivity index (χ1) is 9.06. The van der Waals surface area contributed by atoms with Gasteiger partial charge in [0.25, 0.3) is 5.91 Å². The van der Waals surface area contributed by atoms with Gasteiger partial charge in [0.1, 0.15) is 0 Å². The van der Waals surface area contributed by atoms with E-state index in [1.54, 1.807) is 6.92 Å². The number of carbonyl (C=O) groups excluding carboxylic acids is 1. The molecule has 106 valence electrons. The number of carbonyl (C=O) groups is 1. The molecule has 0 N–H and O–H groups in total. The quantitative estimate of drug-likeness (QED) is 0.833. The Morgan fingerprint density at radius 1 is 1.42 bits per heavy atom. The first-order valence-electron chi connectivity index (χ1n) is 7.04. The number of hydrogen-bond donors (Lipinski definition) is 0. The molecule has 0 saturated carbocycles. The van der Waals surface area contributed by atoms with E-state index in [1.807, 2.05) is 11.8 Å². The topological polar surface area (TPSA) is 49.6 Å². The SMILES string of the molecule is CCN(CC)C1CCN(C(=O)c2oc(C)nc2C)C1. The molecule has 1 aromatic heterocycles. The second-order valence-corrected chi connectivity index (χ2v) is 5.06. The van der Waals surface area contributed by atoms with Crippen LogP contribution >= 0.6 is 0 Å². The number of likely N-dealkylation sites (tertiary alicyclic amines) is 1. The van der Waals surface area contributed by atoms with Crippen molar-refractivity contribution in [3.63, 3.8) is 0 Å². The van der Waals surface area contributed by atoms with E-state index in [1.165, 1.54) is 0 Å². The Bertz CT molecular complexity index is 452. The first-order valence-corrected chi connectivity index (χ1v) is 7.04. The van der Waals surface area contributed by atoms with E-state index in [-0.39, 0.29) is 5.91 Å². The molecule has 1 atom stereocenters. The summed E-state index contributed by atoms with van der Waals surface area (Å²) in [6.07, 6.45) is 1.04. The standard InChI is InChI=1S/C14H23N3O2/c1-5-16(6-2)12-7-8-17(9-12)14(18)13-10(3)15-11(4)19-13/h12H,5-9H2,1-4H3. The summed E-state index contributed by atoms with van der Waals surface area (Å²) in [6, 6.07) is 0.475. The van der Waals surface area contributed by atoms with Crippen LogP contribution in [0.5, 0.6) is 0 Å². The Balaban J connectivity index is 2.04. The van der Waals surface area contributed by atoms with E-state index in [4.69, 9.17) is 4.42 Å². The number of aryl methyl sites for hydroxylation is 2. The number of oxazole rings is 1. The van der Waals surface area contributed by atoms with Gasteiger partial charge in [0.05, 0.1) is 5.69 Å². The summed E-state index contributed by atoms with van der Waals surface area (Å²) in [6.45, 7) is 11.6. The number of rotatable bonds is 4. The van der Waals surface area contributed by atoms with E-state index in [9.17, 15) is 4.79 Å². The van der Waals surface area contributed by atoms with Gasteiger partial charge in [0.2, 0.25) is 5.76 Å². The normalized spacial score (nSPS) is 19.4. The van der Waals surface area contributed by atoms with Crippen molar-refractivity contribution in [2.24, 2.45) is 0 Å². The van der Waals surface area contributed by atoms with Crippen molar-refractivity contribution in [3.05, 3.63) is 17.3 Å². The van der Waals surface area contributed by atoms with Crippen molar-refractivity contribution in [2.45, 2.75) is 40.2 Å². The summed E-state index contributed by atoms with van der Waals surface area (Å²) in [7, 11) is 0. The molecule has 0 bridgehead atoms. The summed E-state index contributed by atoms with van der Waals surface area (Å²) >= 11 is 0. The van der Waals surface area contributed by atoms with Gasteiger partial charge in [-0.3, -0.25) is 9.69 Å². The molecule has 1 amide bonds. The van der Waals surface area contributed by atoms with Gasteiger partial charge in [0.15, 0.2) is 5.89 Å². The number of hydrogen-bond acceptors (Lipinski definition) is 4. The zero-order valence-corrected chi connectivity index (χ0v) is 12.3. The highest BCUT2D eigenvalue weighted by Crippen LogP contribution is 2.20. The van der Waals surface area contributed by atoms with Crippen molar-refractivity contribution in [3.8, 4) is 0 Å². The molecule has 0 radical (unpaired) electrons. The second-order valence-electron chi connectivity index (χ2n) is 5.06. The van der Waals surface area contributed by atoms with E-state index < -0.39 is 0 Å². The summed E-state index contributed by atoms with van der Waals surface area (Å²) in [5.74, 6) is 0.936. The Morgan fingerprint density at radius 2 is 2.11 bits per heavy atom. The van der Waals surface area contributed by atoms with Crippen LogP contribution < -0.4 is 0 Å². The van der Waals surface area contributed by atoms with E-state index in [2.05, 4.69) is 23.7 Å². The lowest BCUT2D eigenvalue weighted by molar-refractivity contribution is 0.0744. The Hall–Kier alpha value is -1.36. The van der Waals surface area contributed by atoms with Gasteiger partial charge in [-0.05, 0) is 26.4 Å². The maximum atomic E-state index is 12.4. The van der Waals surface area contributed by atoms with E-state index in [0.29, 0.717) is 23.4 Å². The molecular formula is C14H23N3O2. The van der Waals surface area contributed by atoms with Crippen LogP contribution in [0.3, 0.4) is 0 Å². The van der Waals surface area contributed by atoms with E-state index in [0.717, 1.165) is 32.6 Å². The van der Waals surface area contributed by atoms with Crippen molar-refractivity contribution in [1.82, 2.24) is 14.8 Å². The lowest BCUT2D eigenvalue weighted by atomic mass is 10.2. The third kappa shape index (κ3) is 2.81. The van der Waals surface area contributed by atoms with Crippen LogP contribution in [-0.2, 0) is 0 Å². The van der Waals surface area contributed by atoms with Crippen LogP contribution in [0.15, 0.2) is 4.42 Å². The minimum Gasteiger partial charge on any atom is -0.436 e. The lowest BCUT2D eigenvalue weighted by Gasteiger charge is -2.25. The van der Waals surface area contributed by atoms with Crippen molar-refractivity contribution in [1.29, 1.82) is 0 Å². The predicted molar refractivity (Wildman–Crippen MR) is 73.2 cm³/mol. The molecule has 1 unspecified atom stereocenters. The van der Waals surface area contributed by atoms with Crippen LogP contribution in [0.1, 0.15) is 42.4 Å². The van der Waals surface area contributed by atoms with Crippen molar-refractivity contribution in [2.75, 3.05) is 26.2 Å². The highest BCUT2D eigenvalue weighted by atomic mass is 16.4. The number of likely N-dealkylation sites (N-methyl/N-ethyl adjacent to an activating group) is 1. The van der Waals surface area contributed by atoms with Gasteiger partial charge < -0.3 is 9.32 Å². The van der Waals surface area contributed by atoms with Crippen LogP contribution in [0.4, 0.5) is 0 Å². The smallest absolute Gasteiger partial charge is 0.291 e. The zero-order chi connectivity index (χ0) is 14.0. The van der Waals surface area contributed by atoms with Crippen LogP contribution in [0, 0.1) is 13.8 Å². The predicted octanol–water partition coefficient (Wildman–Crippen LogP) is 1.85. The molecule has 19 heavy (non-hydrogen) atoms. The van der Waals surface area contributed by atoms with Crippen LogP contribution in [0.2, 0.25) is 0 Å². The Labute approximate surface area is 114 Å². The number of aromatic nitrogens is 1. The summed E-state index contributed by atoms with van der Waals surface area (Å²) in [4.78, 5) is 20.9. The molecule has 1 aliphatic heterocycles. The average Bonchev–Trinajstić information content (AvgIpc) is 2.97. The van der Waals surface area contributed by atoms with Gasteiger partial charge in [-0.25, -0.2) is 4.98 Å². The Morgan fingerprint density at radius 3 is 2.63 bits per heavy atom. The number of amides is 1. The maximum Gasteiger partial charge on any atom is 0.291 e. The molecule has 1 saturated heterocycles. The van der Waals surface area contributed by atoms with Crippen LogP contribution in [0.25, 0.3) is 0 Å². The second kappa shape index (κ2) is 5.74. The summed E-state index contributed by atoms with van der Waals surface area (Å²) in [5.41, 5.74) is 0.689. The minimum atomic E-state index is -0.0206. The van der Waals surface area contributed by atoms with Gasteiger partial charge in [-0.1, -0.05) is 13.8 Å². The maximum absolute atomic E-state index is 12.4. The molecule has 0 spiro atoms. The summed E-state index contributed by atoms with van der Waals surface area (Å²) < 4.78 is 5.42. The third-order valence-corrected chi connectivity index (χ3v) is 3.88. The molecule has 5 nitrogen and oxygen atoms in total. The van der Waals surface area contributed by atoms with Gasteiger partial charge in [0, 0.05) is 26.1 Å². The van der Waals surface area contributed by atoms with Gasteiger partial charge >= 0.3 is 0 Å². The monoisotopic (exact) mass is 265 g/mol. The number of nitrogens with zero attached hydrogens (tertiary/aromatic N) is 3. The fraction of sp³-hybridized carbons (Fsp3) is 0.714. The first kappa shape index (κ1) is 14.1. The summed E-state index contributed by atoms with van der Waals surface area (Å²) in [5, 5.41) is 0. The molecule has 5 heteroatoms. The fourth-order valence-electron chi connectivity index (χ4n) is 2.84. The van der Waals surface area contributed by atoms with Gasteiger partial charge in [-0.15, -0.1) is 0 Å². The lowest BCUT2D eigenvalue weighted by Crippen LogP contribution is -2.38. The molecule has 0 aromatic carbocycles. The van der Waals surface area contributed by atoms with Crippen molar-refractivity contribution >= 4 is 5.91 Å². The zero-order valence-electron chi connectivity index (χ0n) is 12.3. The molecule has 1 aromatic rings. The van der Waals surface area contributed by atoms with Crippen LogP contribution in [-0.4, -0.2) is 52.9 Å². The minimum absolute atomic E-state index is 0.0206. The largest absolute Gasteiger partial charge is 0.436 e. The third-order valence-electron chi connectivity index (χ3n) is 3.88.